The molecule has 1 aromatic carbocycles. The van der Waals surface area contributed by atoms with Gasteiger partial charge < -0.3 is 4.42 Å². The minimum absolute atomic E-state index is 0.0193. The summed E-state index contributed by atoms with van der Waals surface area (Å²) < 4.78 is 39.2. The number of benzene rings is 1. The highest BCUT2D eigenvalue weighted by Gasteiger charge is 2.21. The number of fused-ring (bicyclic) bond motifs is 3. The molecular weight excluding hydrogens is 308 g/mol. The van der Waals surface area contributed by atoms with Crippen LogP contribution in [0.4, 0.5) is 0 Å². The zero-order valence-electron chi connectivity index (χ0n) is 18.8. The summed E-state index contributed by atoms with van der Waals surface area (Å²) in [5.41, 5.74) is 4.94. The molecule has 0 fully saturated rings. The van der Waals surface area contributed by atoms with E-state index in [0.29, 0.717) is 11.3 Å². The largest absolute Gasteiger partial charge is 0.438 e. The van der Waals surface area contributed by atoms with Crippen LogP contribution in [0.2, 0.25) is 0 Å². The zero-order chi connectivity index (χ0) is 21.1. The van der Waals surface area contributed by atoms with Crippen LogP contribution >= 0.6 is 0 Å². The van der Waals surface area contributed by atoms with E-state index in [4.69, 9.17) is 9.90 Å². The van der Waals surface area contributed by atoms with Gasteiger partial charge in [-0.15, -0.1) is 0 Å². The van der Waals surface area contributed by atoms with Crippen LogP contribution in [-0.2, 0) is 7.05 Å². The Hall–Kier alpha value is -2.68. The first-order chi connectivity index (χ1) is 13.5. The predicted octanol–water partition coefficient (Wildman–Crippen LogP) is 5.21. The number of hydrogen-bond donors (Lipinski definition) is 0. The predicted molar refractivity (Wildman–Crippen MR) is 102 cm³/mol. The van der Waals surface area contributed by atoms with E-state index in [9.17, 15) is 0 Å². The molecule has 0 atom stereocenters. The quantitative estimate of drug-likeness (QED) is 0.471. The molecule has 0 aliphatic rings. The van der Waals surface area contributed by atoms with Gasteiger partial charge in [0.1, 0.15) is 12.6 Å². The molecule has 25 heavy (non-hydrogen) atoms. The Labute approximate surface area is 153 Å². The smallest absolute Gasteiger partial charge is 0.227 e. The van der Waals surface area contributed by atoms with Crippen LogP contribution in [0.25, 0.3) is 33.3 Å². The lowest BCUT2D eigenvalue weighted by atomic mass is 9.95. The van der Waals surface area contributed by atoms with E-state index >= 15 is 0 Å². The molecule has 0 saturated carbocycles. The number of pyridine rings is 2. The SMILES string of the molecule is [2H]C([2H])([2H])c1ccc2c(n1)oc1ccc(C)c(-c3cc(C([2H])(C)C)cc[n+]3C)c12. The van der Waals surface area contributed by atoms with Gasteiger partial charge in [-0.1, -0.05) is 19.9 Å². The van der Waals surface area contributed by atoms with Crippen molar-refractivity contribution in [3.8, 4) is 11.3 Å². The highest BCUT2D eigenvalue weighted by Crippen LogP contribution is 2.37. The zero-order valence-corrected chi connectivity index (χ0v) is 14.8. The van der Waals surface area contributed by atoms with Crippen molar-refractivity contribution < 1.29 is 14.5 Å². The first-order valence-corrected chi connectivity index (χ1v) is 8.31. The molecule has 126 valence electrons. The minimum atomic E-state index is -2.29. The second kappa shape index (κ2) is 5.69. The molecule has 3 heteroatoms. The van der Waals surface area contributed by atoms with Gasteiger partial charge in [-0.2, -0.15) is 0 Å². The monoisotopic (exact) mass is 335 g/mol. The summed E-state index contributed by atoms with van der Waals surface area (Å²) in [6.45, 7) is 3.49. The van der Waals surface area contributed by atoms with Gasteiger partial charge in [-0.3, -0.25) is 0 Å². The van der Waals surface area contributed by atoms with Gasteiger partial charge in [-0.25, -0.2) is 9.55 Å². The Balaban J connectivity index is 2.07. The number of furan rings is 1. The second-order valence-corrected chi connectivity index (χ2v) is 6.69. The number of rotatable bonds is 2. The van der Waals surface area contributed by atoms with Crippen molar-refractivity contribution in [2.24, 2.45) is 7.05 Å². The summed E-state index contributed by atoms with van der Waals surface area (Å²) in [6, 6.07) is 11.2. The molecule has 3 nitrogen and oxygen atoms in total. The number of aryl methyl sites for hydroxylation is 3. The molecule has 4 rings (SSSR count). The van der Waals surface area contributed by atoms with E-state index < -0.39 is 12.7 Å². The summed E-state index contributed by atoms with van der Waals surface area (Å²) in [5.74, 6) is -0.723. The van der Waals surface area contributed by atoms with Crippen LogP contribution in [0.3, 0.4) is 0 Å². The van der Waals surface area contributed by atoms with Crippen molar-refractivity contribution >= 4 is 22.1 Å². The van der Waals surface area contributed by atoms with Gasteiger partial charge in [-0.05, 0) is 49.0 Å². The van der Waals surface area contributed by atoms with Gasteiger partial charge in [0.15, 0.2) is 6.20 Å². The molecule has 0 unspecified atom stereocenters. The van der Waals surface area contributed by atoms with Crippen molar-refractivity contribution in [3.63, 3.8) is 0 Å². The molecule has 0 bridgehead atoms. The van der Waals surface area contributed by atoms with Crippen molar-refractivity contribution in [2.75, 3.05) is 0 Å². The van der Waals surface area contributed by atoms with Crippen molar-refractivity contribution in [1.82, 2.24) is 4.98 Å². The third-order valence-corrected chi connectivity index (χ3v) is 4.70. The van der Waals surface area contributed by atoms with E-state index in [-0.39, 0.29) is 5.69 Å². The fraction of sp³-hybridized carbons (Fsp3) is 0.273. The average molecular weight is 335 g/mol. The van der Waals surface area contributed by atoms with Crippen molar-refractivity contribution in [1.29, 1.82) is 0 Å². The molecule has 3 aromatic heterocycles. The molecule has 0 N–H and O–H groups in total. The molecule has 3 heterocycles. The van der Waals surface area contributed by atoms with E-state index in [1.807, 2.05) is 62.8 Å². The summed E-state index contributed by atoms with van der Waals surface area (Å²) in [4.78, 5) is 4.26. The molecule has 4 aromatic rings. The summed E-state index contributed by atoms with van der Waals surface area (Å²) in [6.07, 6.45) is 1.96. The van der Waals surface area contributed by atoms with Crippen LogP contribution in [-0.4, -0.2) is 4.98 Å². The lowest BCUT2D eigenvalue weighted by molar-refractivity contribution is -0.660. The normalized spacial score (nSPS) is 15.0. The summed E-state index contributed by atoms with van der Waals surface area (Å²) >= 11 is 0. The Kier molecular flexibility index (Phi) is 2.69. The number of aromatic nitrogens is 2. The lowest BCUT2D eigenvalue weighted by Gasteiger charge is -2.10. The third-order valence-electron chi connectivity index (χ3n) is 4.70. The molecule has 0 amide bonds. The fourth-order valence-electron chi connectivity index (χ4n) is 3.31. The van der Waals surface area contributed by atoms with E-state index in [0.717, 1.165) is 33.2 Å². The highest BCUT2D eigenvalue weighted by molar-refractivity contribution is 6.11. The second-order valence-electron chi connectivity index (χ2n) is 6.69. The van der Waals surface area contributed by atoms with E-state index in [2.05, 4.69) is 4.98 Å². The summed E-state index contributed by atoms with van der Waals surface area (Å²) in [5, 5.41) is 1.68. The van der Waals surface area contributed by atoms with Crippen LogP contribution in [0.1, 0.15) is 42.0 Å². The van der Waals surface area contributed by atoms with Gasteiger partial charge in [0.25, 0.3) is 0 Å². The molecule has 0 spiro atoms. The standard InChI is InChI=1S/C22H23N2O/c1-13(2)16-10-11-24(5)18(12-16)20-14(3)6-9-19-21(20)17-8-7-15(4)23-22(17)25-19/h6-13H,1-5H3/q+1/i4D3,13D. The Bertz CT molecular complexity index is 1250. The Morgan fingerprint density at radius 2 is 2.04 bits per heavy atom. The van der Waals surface area contributed by atoms with Gasteiger partial charge >= 0.3 is 0 Å². The van der Waals surface area contributed by atoms with Crippen LogP contribution in [0, 0.1) is 13.8 Å². The Morgan fingerprint density at radius 3 is 2.80 bits per heavy atom. The van der Waals surface area contributed by atoms with Crippen LogP contribution in [0.5, 0.6) is 0 Å². The van der Waals surface area contributed by atoms with E-state index in [1.54, 1.807) is 12.1 Å². The maximum Gasteiger partial charge on any atom is 0.227 e. The molecule has 0 aliphatic carbocycles. The molecule has 0 aliphatic heterocycles. The van der Waals surface area contributed by atoms with E-state index in [1.165, 1.54) is 0 Å². The maximum absolute atomic E-state index is 8.41. The van der Waals surface area contributed by atoms with Crippen LogP contribution in [0.15, 0.2) is 47.0 Å². The fourth-order valence-corrected chi connectivity index (χ4v) is 3.31. The summed E-state index contributed by atoms with van der Waals surface area (Å²) in [7, 11) is 1.97. The molecular formula is C22H23N2O+. The minimum Gasteiger partial charge on any atom is -0.438 e. The molecule has 0 saturated heterocycles. The van der Waals surface area contributed by atoms with Gasteiger partial charge in [0.2, 0.25) is 11.4 Å². The third kappa shape index (κ3) is 2.51. The van der Waals surface area contributed by atoms with Gasteiger partial charge in [0, 0.05) is 34.1 Å². The van der Waals surface area contributed by atoms with Gasteiger partial charge in [0.05, 0.1) is 5.56 Å². The van der Waals surface area contributed by atoms with Crippen molar-refractivity contribution in [2.45, 2.75) is 33.5 Å². The van der Waals surface area contributed by atoms with Crippen LogP contribution < -0.4 is 4.57 Å². The maximum atomic E-state index is 8.41. The first kappa shape index (κ1) is 11.8. The Morgan fingerprint density at radius 1 is 1.20 bits per heavy atom. The highest BCUT2D eigenvalue weighted by atomic mass is 16.3. The number of hydrogen-bond acceptors (Lipinski definition) is 2. The number of nitrogens with zero attached hydrogens (tertiary/aromatic N) is 2. The lowest BCUT2D eigenvalue weighted by Crippen LogP contribution is -2.31. The van der Waals surface area contributed by atoms with Crippen molar-refractivity contribution in [3.05, 3.63) is 59.4 Å². The topological polar surface area (TPSA) is 29.9 Å². The average Bonchev–Trinajstić information content (AvgIpc) is 2.99. The molecule has 0 radical (unpaired) electrons. The first-order valence-electron chi connectivity index (χ1n) is 10.3.